The Kier molecular flexibility index (Phi) is 3.53. The molecule has 0 aliphatic heterocycles. The molecule has 1 saturated carbocycles. The SMILES string of the molecule is Cc1ccc(CNC2CC2)c(-c2c(F)cccc2F)c1. The lowest BCUT2D eigenvalue weighted by atomic mass is 9.96. The summed E-state index contributed by atoms with van der Waals surface area (Å²) in [6.07, 6.45) is 2.38. The van der Waals surface area contributed by atoms with Crippen molar-refractivity contribution in [3.63, 3.8) is 0 Å². The molecule has 0 aromatic heterocycles. The summed E-state index contributed by atoms with van der Waals surface area (Å²) in [5, 5.41) is 3.40. The van der Waals surface area contributed by atoms with Crippen LogP contribution in [0.15, 0.2) is 36.4 Å². The molecule has 2 aromatic carbocycles. The van der Waals surface area contributed by atoms with E-state index in [-0.39, 0.29) is 5.56 Å². The average Bonchev–Trinajstić information content (AvgIpc) is 3.22. The number of aryl methyl sites for hydroxylation is 1. The molecule has 1 nitrogen and oxygen atoms in total. The van der Waals surface area contributed by atoms with Gasteiger partial charge < -0.3 is 5.32 Å². The van der Waals surface area contributed by atoms with Crippen LogP contribution in [-0.2, 0) is 6.54 Å². The van der Waals surface area contributed by atoms with Crippen molar-refractivity contribution < 1.29 is 8.78 Å². The van der Waals surface area contributed by atoms with Gasteiger partial charge in [-0.15, -0.1) is 0 Å². The van der Waals surface area contributed by atoms with Gasteiger partial charge in [0.25, 0.3) is 0 Å². The van der Waals surface area contributed by atoms with Crippen LogP contribution < -0.4 is 5.32 Å². The molecule has 3 rings (SSSR count). The summed E-state index contributed by atoms with van der Waals surface area (Å²) in [4.78, 5) is 0. The Bertz CT molecular complexity index is 613. The largest absolute Gasteiger partial charge is 0.310 e. The van der Waals surface area contributed by atoms with Gasteiger partial charge in [-0.25, -0.2) is 8.78 Å². The Hall–Kier alpha value is -1.74. The molecule has 20 heavy (non-hydrogen) atoms. The van der Waals surface area contributed by atoms with Gasteiger partial charge in [-0.1, -0.05) is 29.8 Å². The zero-order valence-corrected chi connectivity index (χ0v) is 11.4. The first-order valence-corrected chi connectivity index (χ1v) is 6.92. The maximum absolute atomic E-state index is 14.0. The second-order valence-electron chi connectivity index (χ2n) is 5.41. The minimum Gasteiger partial charge on any atom is -0.310 e. The van der Waals surface area contributed by atoms with Gasteiger partial charge >= 0.3 is 0 Å². The van der Waals surface area contributed by atoms with Gasteiger partial charge in [0.15, 0.2) is 0 Å². The molecule has 104 valence electrons. The van der Waals surface area contributed by atoms with Crippen molar-refractivity contribution in [1.29, 1.82) is 0 Å². The van der Waals surface area contributed by atoms with Gasteiger partial charge in [-0.3, -0.25) is 0 Å². The van der Waals surface area contributed by atoms with Gasteiger partial charge in [0, 0.05) is 12.6 Å². The zero-order valence-electron chi connectivity index (χ0n) is 11.4. The monoisotopic (exact) mass is 273 g/mol. The molecular weight excluding hydrogens is 256 g/mol. The lowest BCUT2D eigenvalue weighted by Crippen LogP contribution is -2.16. The number of hydrogen-bond donors (Lipinski definition) is 1. The van der Waals surface area contributed by atoms with Crippen molar-refractivity contribution in [3.05, 3.63) is 59.2 Å². The third-order valence-electron chi connectivity index (χ3n) is 3.66. The van der Waals surface area contributed by atoms with Crippen LogP contribution in [0.25, 0.3) is 11.1 Å². The van der Waals surface area contributed by atoms with Crippen LogP contribution in [0.5, 0.6) is 0 Å². The number of halogens is 2. The molecule has 0 spiro atoms. The summed E-state index contributed by atoms with van der Waals surface area (Å²) in [6.45, 7) is 2.58. The quantitative estimate of drug-likeness (QED) is 0.880. The zero-order chi connectivity index (χ0) is 14.1. The first-order valence-electron chi connectivity index (χ1n) is 6.92. The lowest BCUT2D eigenvalue weighted by Gasteiger charge is -2.13. The molecule has 3 heteroatoms. The highest BCUT2D eigenvalue weighted by Gasteiger charge is 2.21. The highest BCUT2D eigenvalue weighted by molar-refractivity contribution is 5.69. The fraction of sp³-hybridized carbons (Fsp3) is 0.294. The van der Waals surface area contributed by atoms with E-state index in [0.29, 0.717) is 18.2 Å². The lowest BCUT2D eigenvalue weighted by molar-refractivity contribution is 0.588. The molecule has 2 aromatic rings. The molecule has 1 aliphatic carbocycles. The normalized spacial score (nSPS) is 14.6. The number of benzene rings is 2. The van der Waals surface area contributed by atoms with E-state index in [1.165, 1.54) is 31.0 Å². The highest BCUT2D eigenvalue weighted by atomic mass is 19.1. The van der Waals surface area contributed by atoms with E-state index in [1.54, 1.807) is 0 Å². The smallest absolute Gasteiger partial charge is 0.133 e. The van der Waals surface area contributed by atoms with E-state index < -0.39 is 11.6 Å². The predicted molar refractivity (Wildman–Crippen MR) is 76.4 cm³/mol. The number of rotatable bonds is 4. The van der Waals surface area contributed by atoms with Crippen LogP contribution in [0, 0.1) is 18.6 Å². The molecule has 0 heterocycles. The molecule has 0 bridgehead atoms. The fourth-order valence-corrected chi connectivity index (χ4v) is 2.37. The maximum Gasteiger partial charge on any atom is 0.133 e. The topological polar surface area (TPSA) is 12.0 Å². The van der Waals surface area contributed by atoms with Crippen molar-refractivity contribution in [2.75, 3.05) is 0 Å². The minimum absolute atomic E-state index is 0.0730. The van der Waals surface area contributed by atoms with Crippen LogP contribution >= 0.6 is 0 Å². The molecule has 0 unspecified atom stereocenters. The average molecular weight is 273 g/mol. The fourth-order valence-electron chi connectivity index (χ4n) is 2.37. The molecule has 0 radical (unpaired) electrons. The molecule has 0 saturated heterocycles. The van der Waals surface area contributed by atoms with Crippen molar-refractivity contribution in [1.82, 2.24) is 5.32 Å². The Morgan fingerprint density at radius 3 is 2.45 bits per heavy atom. The van der Waals surface area contributed by atoms with Crippen molar-refractivity contribution in [3.8, 4) is 11.1 Å². The summed E-state index contributed by atoms with van der Waals surface area (Å²) in [5.74, 6) is -1.02. The molecule has 0 amide bonds. The van der Waals surface area contributed by atoms with E-state index in [9.17, 15) is 8.78 Å². The van der Waals surface area contributed by atoms with Gasteiger partial charge in [0.1, 0.15) is 11.6 Å². The van der Waals surface area contributed by atoms with Crippen LogP contribution in [-0.4, -0.2) is 6.04 Å². The van der Waals surface area contributed by atoms with Crippen LogP contribution in [0.3, 0.4) is 0 Å². The summed E-state index contributed by atoms with van der Waals surface area (Å²) in [5.41, 5.74) is 2.65. The van der Waals surface area contributed by atoms with Gasteiger partial charge in [-0.05, 0) is 43.0 Å². The van der Waals surface area contributed by atoms with E-state index in [4.69, 9.17) is 0 Å². The Morgan fingerprint density at radius 1 is 1.10 bits per heavy atom. The van der Waals surface area contributed by atoms with E-state index in [2.05, 4.69) is 5.32 Å². The van der Waals surface area contributed by atoms with E-state index in [0.717, 1.165) is 11.1 Å². The number of nitrogens with one attached hydrogen (secondary N) is 1. The molecule has 0 atom stereocenters. The van der Waals surface area contributed by atoms with E-state index in [1.807, 2.05) is 25.1 Å². The number of hydrogen-bond acceptors (Lipinski definition) is 1. The minimum atomic E-state index is -0.511. The summed E-state index contributed by atoms with van der Waals surface area (Å²) >= 11 is 0. The van der Waals surface area contributed by atoms with Crippen LogP contribution in [0.4, 0.5) is 8.78 Å². The predicted octanol–water partition coefficient (Wildman–Crippen LogP) is 4.19. The first kappa shape index (κ1) is 13.3. The highest BCUT2D eigenvalue weighted by Crippen LogP contribution is 2.30. The Balaban J connectivity index is 2.03. The first-order chi connectivity index (χ1) is 9.65. The van der Waals surface area contributed by atoms with Gasteiger partial charge in [0.05, 0.1) is 5.56 Å². The summed E-state index contributed by atoms with van der Waals surface area (Å²) < 4.78 is 28.0. The van der Waals surface area contributed by atoms with Crippen molar-refractivity contribution in [2.24, 2.45) is 0 Å². The summed E-state index contributed by atoms with van der Waals surface area (Å²) in [7, 11) is 0. The van der Waals surface area contributed by atoms with Crippen LogP contribution in [0.2, 0.25) is 0 Å². The van der Waals surface area contributed by atoms with Crippen molar-refractivity contribution >= 4 is 0 Å². The van der Waals surface area contributed by atoms with Gasteiger partial charge in [-0.2, -0.15) is 0 Å². The molecule has 1 N–H and O–H groups in total. The van der Waals surface area contributed by atoms with Crippen molar-refractivity contribution in [2.45, 2.75) is 32.4 Å². The Morgan fingerprint density at radius 2 is 1.80 bits per heavy atom. The second-order valence-corrected chi connectivity index (χ2v) is 5.41. The third kappa shape index (κ3) is 2.73. The Labute approximate surface area is 117 Å². The van der Waals surface area contributed by atoms with Crippen LogP contribution in [0.1, 0.15) is 24.0 Å². The molecule has 1 aliphatic rings. The molecule has 1 fully saturated rings. The standard InChI is InChI=1S/C17H17F2N/c1-11-5-6-12(10-20-13-7-8-13)14(9-11)17-15(18)3-2-4-16(17)19/h2-6,9,13,20H,7-8,10H2,1H3. The third-order valence-corrected chi connectivity index (χ3v) is 3.66. The maximum atomic E-state index is 14.0. The second kappa shape index (κ2) is 5.33. The summed E-state index contributed by atoms with van der Waals surface area (Å²) in [6, 6.07) is 10.3. The van der Waals surface area contributed by atoms with Gasteiger partial charge in [0.2, 0.25) is 0 Å². The molecular formula is C17H17F2N. The van der Waals surface area contributed by atoms with E-state index >= 15 is 0 Å².